The summed E-state index contributed by atoms with van der Waals surface area (Å²) in [5.74, 6) is 0.588. The van der Waals surface area contributed by atoms with Crippen LogP contribution in [0.2, 0.25) is 0 Å². The van der Waals surface area contributed by atoms with E-state index in [1.54, 1.807) is 0 Å². The Labute approximate surface area is 162 Å². The maximum absolute atomic E-state index is 6.08. The second kappa shape index (κ2) is 9.91. The molecular formula is C19H29IN4. The molecule has 0 spiro atoms. The van der Waals surface area contributed by atoms with Gasteiger partial charge in [-0.25, -0.2) is 4.99 Å². The van der Waals surface area contributed by atoms with Gasteiger partial charge >= 0.3 is 0 Å². The zero-order valence-electron chi connectivity index (χ0n) is 14.3. The number of hydrogen-bond acceptors (Lipinski definition) is 2. The summed E-state index contributed by atoms with van der Waals surface area (Å²) < 4.78 is 0. The third-order valence-corrected chi connectivity index (χ3v) is 4.73. The van der Waals surface area contributed by atoms with E-state index < -0.39 is 0 Å². The van der Waals surface area contributed by atoms with Gasteiger partial charge in [-0.2, -0.15) is 0 Å². The number of nitrogens with one attached hydrogen (secondary N) is 1. The van der Waals surface area contributed by atoms with Crippen molar-refractivity contribution in [3.05, 3.63) is 42.0 Å². The maximum atomic E-state index is 6.08. The van der Waals surface area contributed by atoms with Crippen LogP contribution < -0.4 is 16.0 Å². The molecule has 0 atom stereocenters. The zero-order chi connectivity index (χ0) is 15.9. The Morgan fingerprint density at radius 2 is 1.83 bits per heavy atom. The summed E-state index contributed by atoms with van der Waals surface area (Å²) in [7, 11) is 0. The first-order valence-electron chi connectivity index (χ1n) is 8.86. The van der Waals surface area contributed by atoms with Crippen molar-refractivity contribution >= 4 is 35.6 Å². The molecule has 0 bridgehead atoms. The molecule has 1 aromatic rings. The standard InChI is InChI=1S/C19H28N4.HI/c20-19(22-17-9-3-1-2-4-10-17)21-15-16-8-7-11-18(14-16)23-12-5-6-13-23;/h5-8,11,14,17H,1-4,9-10,12-13,15H2,(H3,20,21,22);1H. The minimum absolute atomic E-state index is 0. The molecule has 1 heterocycles. The van der Waals surface area contributed by atoms with Gasteiger partial charge in [-0.15, -0.1) is 24.0 Å². The fourth-order valence-corrected chi connectivity index (χ4v) is 3.40. The van der Waals surface area contributed by atoms with Crippen LogP contribution in [0.3, 0.4) is 0 Å². The number of hydrogen-bond donors (Lipinski definition) is 2. The molecule has 0 unspecified atom stereocenters. The number of benzene rings is 1. The molecule has 4 nitrogen and oxygen atoms in total. The number of rotatable bonds is 4. The highest BCUT2D eigenvalue weighted by Crippen LogP contribution is 2.19. The third kappa shape index (κ3) is 5.69. The van der Waals surface area contributed by atoms with Crippen LogP contribution in [0.15, 0.2) is 41.4 Å². The monoisotopic (exact) mass is 440 g/mol. The first-order valence-corrected chi connectivity index (χ1v) is 8.86. The summed E-state index contributed by atoms with van der Waals surface area (Å²) in [6, 6.07) is 9.11. The molecule has 5 heteroatoms. The third-order valence-electron chi connectivity index (χ3n) is 4.73. The van der Waals surface area contributed by atoms with Crippen LogP contribution in [0, 0.1) is 0 Å². The van der Waals surface area contributed by atoms with Crippen molar-refractivity contribution in [3.8, 4) is 0 Å². The average molecular weight is 440 g/mol. The molecule has 132 valence electrons. The molecule has 2 aliphatic rings. The highest BCUT2D eigenvalue weighted by Gasteiger charge is 2.12. The summed E-state index contributed by atoms with van der Waals surface area (Å²) >= 11 is 0. The molecule has 3 N–H and O–H groups in total. The molecule has 0 saturated heterocycles. The first-order chi connectivity index (χ1) is 11.3. The molecule has 1 aliphatic carbocycles. The van der Waals surface area contributed by atoms with E-state index in [1.807, 2.05) is 0 Å². The smallest absolute Gasteiger partial charge is 0.189 e. The summed E-state index contributed by atoms with van der Waals surface area (Å²) in [5, 5.41) is 3.41. The SMILES string of the molecule is I.NC(=NCc1cccc(N2CC=CC2)c1)NC1CCCCCC1. The Morgan fingerprint density at radius 3 is 2.54 bits per heavy atom. The lowest BCUT2D eigenvalue weighted by molar-refractivity contribution is 0.530. The minimum Gasteiger partial charge on any atom is -0.370 e. The second-order valence-corrected chi connectivity index (χ2v) is 6.58. The fraction of sp³-hybridized carbons (Fsp3) is 0.526. The van der Waals surface area contributed by atoms with E-state index in [4.69, 9.17) is 5.73 Å². The molecule has 1 fully saturated rings. The van der Waals surface area contributed by atoms with Gasteiger partial charge in [0.15, 0.2) is 5.96 Å². The molecule has 1 aliphatic heterocycles. The van der Waals surface area contributed by atoms with Crippen molar-refractivity contribution in [2.24, 2.45) is 10.7 Å². The zero-order valence-corrected chi connectivity index (χ0v) is 16.6. The van der Waals surface area contributed by atoms with Gasteiger partial charge < -0.3 is 16.0 Å². The number of guanidine groups is 1. The van der Waals surface area contributed by atoms with Gasteiger partial charge in [-0.1, -0.05) is 50.0 Å². The molecule has 0 aromatic heterocycles. The highest BCUT2D eigenvalue weighted by molar-refractivity contribution is 14.0. The van der Waals surface area contributed by atoms with E-state index in [1.165, 1.54) is 49.8 Å². The van der Waals surface area contributed by atoms with Gasteiger partial charge in [0.2, 0.25) is 0 Å². The second-order valence-electron chi connectivity index (χ2n) is 6.58. The molecule has 0 radical (unpaired) electrons. The van der Waals surface area contributed by atoms with Crippen LogP contribution >= 0.6 is 24.0 Å². The summed E-state index contributed by atoms with van der Waals surface area (Å²) in [6.45, 7) is 2.64. The van der Waals surface area contributed by atoms with Gasteiger partial charge in [0.1, 0.15) is 0 Å². The normalized spacial score (nSPS) is 19.0. The Kier molecular flexibility index (Phi) is 7.88. The molecule has 3 rings (SSSR count). The Morgan fingerprint density at radius 1 is 1.12 bits per heavy atom. The Balaban J connectivity index is 0.00000208. The molecule has 0 amide bonds. The number of halogens is 1. The lowest BCUT2D eigenvalue weighted by atomic mass is 10.1. The van der Waals surface area contributed by atoms with Gasteiger partial charge in [0, 0.05) is 24.8 Å². The van der Waals surface area contributed by atoms with Crippen molar-refractivity contribution in [2.45, 2.75) is 51.1 Å². The minimum atomic E-state index is 0. The predicted octanol–water partition coefficient (Wildman–Crippen LogP) is 3.81. The van der Waals surface area contributed by atoms with E-state index in [0.29, 0.717) is 18.5 Å². The summed E-state index contributed by atoms with van der Waals surface area (Å²) in [4.78, 5) is 6.88. The van der Waals surface area contributed by atoms with Gasteiger partial charge in [-0.05, 0) is 30.5 Å². The van der Waals surface area contributed by atoms with E-state index in [-0.39, 0.29) is 24.0 Å². The van der Waals surface area contributed by atoms with E-state index >= 15 is 0 Å². The van der Waals surface area contributed by atoms with Crippen LogP contribution in [0.1, 0.15) is 44.1 Å². The quantitative estimate of drug-likeness (QED) is 0.246. The van der Waals surface area contributed by atoms with E-state index in [0.717, 1.165) is 13.1 Å². The predicted molar refractivity (Wildman–Crippen MR) is 113 cm³/mol. The molecule has 1 aromatic carbocycles. The van der Waals surface area contributed by atoms with Gasteiger partial charge in [0.25, 0.3) is 0 Å². The average Bonchev–Trinajstić information content (AvgIpc) is 2.99. The van der Waals surface area contributed by atoms with Crippen LogP contribution in [0.5, 0.6) is 0 Å². The van der Waals surface area contributed by atoms with Crippen LogP contribution in [-0.2, 0) is 6.54 Å². The lowest BCUT2D eigenvalue weighted by Gasteiger charge is -2.18. The number of nitrogens with zero attached hydrogens (tertiary/aromatic N) is 2. The highest BCUT2D eigenvalue weighted by atomic mass is 127. The lowest BCUT2D eigenvalue weighted by Crippen LogP contribution is -2.39. The number of anilines is 1. The van der Waals surface area contributed by atoms with Gasteiger partial charge in [-0.3, -0.25) is 0 Å². The largest absolute Gasteiger partial charge is 0.370 e. The molecule has 24 heavy (non-hydrogen) atoms. The number of nitrogens with two attached hydrogens (primary N) is 1. The first kappa shape index (κ1) is 19.1. The van der Waals surface area contributed by atoms with Crippen molar-refractivity contribution in [1.29, 1.82) is 0 Å². The fourth-order valence-electron chi connectivity index (χ4n) is 3.40. The van der Waals surface area contributed by atoms with E-state index in [9.17, 15) is 0 Å². The van der Waals surface area contributed by atoms with Crippen LogP contribution in [-0.4, -0.2) is 25.1 Å². The molecule has 1 saturated carbocycles. The summed E-state index contributed by atoms with van der Waals surface area (Å²) in [6.07, 6.45) is 12.2. The van der Waals surface area contributed by atoms with Crippen LogP contribution in [0.4, 0.5) is 5.69 Å². The van der Waals surface area contributed by atoms with Crippen molar-refractivity contribution in [3.63, 3.8) is 0 Å². The van der Waals surface area contributed by atoms with Crippen molar-refractivity contribution < 1.29 is 0 Å². The number of aliphatic imine (C=N–C) groups is 1. The maximum Gasteiger partial charge on any atom is 0.189 e. The van der Waals surface area contributed by atoms with Gasteiger partial charge in [0.05, 0.1) is 6.54 Å². The van der Waals surface area contributed by atoms with Crippen molar-refractivity contribution in [1.82, 2.24) is 5.32 Å². The van der Waals surface area contributed by atoms with Crippen molar-refractivity contribution in [2.75, 3.05) is 18.0 Å². The topological polar surface area (TPSA) is 53.6 Å². The summed E-state index contributed by atoms with van der Waals surface area (Å²) in [5.41, 5.74) is 8.55. The Bertz CT molecular complexity index is 554. The van der Waals surface area contributed by atoms with E-state index in [2.05, 4.69) is 51.6 Å². The van der Waals surface area contributed by atoms with Crippen LogP contribution in [0.25, 0.3) is 0 Å². The molecular weight excluding hydrogens is 411 g/mol. The Hall–Kier alpha value is -1.24.